The van der Waals surface area contributed by atoms with E-state index in [0.29, 0.717) is 13.2 Å². The van der Waals surface area contributed by atoms with Crippen molar-refractivity contribution < 1.29 is 27.4 Å². The summed E-state index contributed by atoms with van der Waals surface area (Å²) in [6, 6.07) is 3.00. The van der Waals surface area contributed by atoms with Crippen LogP contribution < -0.4 is 4.74 Å². The molecular formula is C14H14F3N3O3. The Morgan fingerprint density at radius 3 is 2.65 bits per heavy atom. The number of hydrogen-bond acceptors (Lipinski definition) is 4. The summed E-state index contributed by atoms with van der Waals surface area (Å²) in [5, 5.41) is 0. The van der Waals surface area contributed by atoms with Gasteiger partial charge < -0.3 is 14.4 Å². The third kappa shape index (κ3) is 2.72. The van der Waals surface area contributed by atoms with Crippen LogP contribution in [-0.2, 0) is 10.9 Å². The van der Waals surface area contributed by atoms with Crippen LogP contribution in [-0.4, -0.2) is 53.6 Å². The highest BCUT2D eigenvalue weighted by atomic mass is 19.4. The number of nitrogens with zero attached hydrogens (tertiary/aromatic N) is 3. The van der Waals surface area contributed by atoms with E-state index in [1.165, 1.54) is 30.3 Å². The van der Waals surface area contributed by atoms with Crippen molar-refractivity contribution in [3.8, 4) is 5.75 Å². The van der Waals surface area contributed by atoms with Crippen molar-refractivity contribution in [2.75, 3.05) is 33.4 Å². The maximum Gasteiger partial charge on any atom is 0.435 e. The topological polar surface area (TPSA) is 56.1 Å². The molecule has 0 aliphatic carbocycles. The minimum absolute atomic E-state index is 0.0427. The fraction of sp³-hybridized carbons (Fsp3) is 0.429. The number of rotatable bonds is 2. The van der Waals surface area contributed by atoms with Gasteiger partial charge in [-0.2, -0.15) is 13.2 Å². The first-order valence-corrected chi connectivity index (χ1v) is 6.92. The smallest absolute Gasteiger partial charge is 0.435 e. The number of fused-ring (bicyclic) bond motifs is 1. The van der Waals surface area contributed by atoms with E-state index in [2.05, 4.69) is 4.98 Å². The number of aromatic nitrogens is 2. The molecular weight excluding hydrogens is 315 g/mol. The molecule has 1 fully saturated rings. The van der Waals surface area contributed by atoms with Crippen molar-refractivity contribution in [1.29, 1.82) is 0 Å². The molecule has 9 heteroatoms. The Kier molecular flexibility index (Phi) is 3.88. The van der Waals surface area contributed by atoms with Gasteiger partial charge in [0.25, 0.3) is 5.91 Å². The Labute approximate surface area is 129 Å². The summed E-state index contributed by atoms with van der Waals surface area (Å²) in [7, 11) is 1.33. The number of halogens is 3. The van der Waals surface area contributed by atoms with Gasteiger partial charge in [0.2, 0.25) is 0 Å². The number of pyridine rings is 1. The minimum Gasteiger partial charge on any atom is -0.493 e. The van der Waals surface area contributed by atoms with Crippen molar-refractivity contribution in [3.63, 3.8) is 0 Å². The van der Waals surface area contributed by atoms with E-state index in [-0.39, 0.29) is 24.5 Å². The zero-order chi connectivity index (χ0) is 16.6. The third-order valence-corrected chi connectivity index (χ3v) is 3.60. The average Bonchev–Trinajstić information content (AvgIpc) is 2.94. The van der Waals surface area contributed by atoms with Gasteiger partial charge >= 0.3 is 6.18 Å². The number of alkyl halides is 3. The quantitative estimate of drug-likeness (QED) is 0.844. The summed E-state index contributed by atoms with van der Waals surface area (Å²) in [6.07, 6.45) is -3.37. The van der Waals surface area contributed by atoms with Crippen molar-refractivity contribution in [3.05, 3.63) is 29.7 Å². The minimum atomic E-state index is -4.74. The van der Waals surface area contributed by atoms with E-state index in [1.54, 1.807) is 0 Å². The first kappa shape index (κ1) is 15.6. The zero-order valence-corrected chi connectivity index (χ0v) is 12.3. The zero-order valence-electron chi connectivity index (χ0n) is 12.3. The maximum atomic E-state index is 13.3. The Morgan fingerprint density at radius 1 is 1.35 bits per heavy atom. The second-order valence-electron chi connectivity index (χ2n) is 4.98. The fourth-order valence-electron chi connectivity index (χ4n) is 2.52. The molecule has 0 saturated carbocycles. The summed E-state index contributed by atoms with van der Waals surface area (Å²) >= 11 is 0. The van der Waals surface area contributed by atoms with Gasteiger partial charge in [0.05, 0.1) is 20.3 Å². The van der Waals surface area contributed by atoms with Crippen LogP contribution in [0.25, 0.3) is 5.65 Å². The number of amides is 1. The molecule has 0 spiro atoms. The number of carbonyl (C=O) groups excluding carboxylic acids is 1. The Bertz CT molecular complexity index is 736. The number of imidazole rings is 1. The normalized spacial score (nSPS) is 15.9. The largest absolute Gasteiger partial charge is 0.493 e. The summed E-state index contributed by atoms with van der Waals surface area (Å²) < 4.78 is 51.3. The van der Waals surface area contributed by atoms with Crippen molar-refractivity contribution in [2.45, 2.75) is 6.18 Å². The number of methoxy groups -OCH3 is 1. The number of ether oxygens (including phenoxy) is 2. The standard InChI is InChI=1S/C14H14F3N3O3/c1-22-9-3-2-4-20-10(11(14(15,16)17)18-12(9)20)13(21)19-5-7-23-8-6-19/h2-4H,5-8H2,1H3. The van der Waals surface area contributed by atoms with Crippen LogP contribution in [0.15, 0.2) is 18.3 Å². The van der Waals surface area contributed by atoms with Gasteiger partial charge in [-0.3, -0.25) is 9.20 Å². The molecule has 3 heterocycles. The third-order valence-electron chi connectivity index (χ3n) is 3.60. The molecule has 0 atom stereocenters. The molecule has 2 aromatic heterocycles. The highest BCUT2D eigenvalue weighted by Crippen LogP contribution is 2.34. The summed E-state index contributed by atoms with van der Waals surface area (Å²) in [6.45, 7) is 1.08. The highest BCUT2D eigenvalue weighted by molar-refractivity contribution is 5.95. The SMILES string of the molecule is COc1cccn2c(C(=O)N3CCOCC3)c(C(F)(F)F)nc12. The first-order chi connectivity index (χ1) is 10.9. The summed E-state index contributed by atoms with van der Waals surface area (Å²) in [5.41, 5.74) is -1.76. The van der Waals surface area contributed by atoms with Gasteiger partial charge in [0, 0.05) is 19.3 Å². The lowest BCUT2D eigenvalue weighted by Crippen LogP contribution is -2.41. The molecule has 6 nitrogen and oxygen atoms in total. The second kappa shape index (κ2) is 5.73. The van der Waals surface area contributed by atoms with Crippen LogP contribution >= 0.6 is 0 Å². The predicted octanol–water partition coefficient (Wildman–Crippen LogP) is 1.83. The molecule has 0 N–H and O–H groups in total. The number of hydrogen-bond donors (Lipinski definition) is 0. The van der Waals surface area contributed by atoms with Gasteiger partial charge in [0.1, 0.15) is 5.69 Å². The molecule has 0 unspecified atom stereocenters. The van der Waals surface area contributed by atoms with E-state index in [4.69, 9.17) is 9.47 Å². The summed E-state index contributed by atoms with van der Waals surface area (Å²) in [5.74, 6) is -0.555. The molecule has 0 aromatic carbocycles. The van der Waals surface area contributed by atoms with Crippen molar-refractivity contribution in [2.24, 2.45) is 0 Å². The van der Waals surface area contributed by atoms with Crippen LogP contribution in [0, 0.1) is 0 Å². The van der Waals surface area contributed by atoms with Crippen LogP contribution in [0.1, 0.15) is 16.2 Å². The molecule has 1 aliphatic heterocycles. The van der Waals surface area contributed by atoms with Gasteiger partial charge in [-0.15, -0.1) is 0 Å². The lowest BCUT2D eigenvalue weighted by atomic mass is 10.2. The van der Waals surface area contributed by atoms with E-state index in [0.717, 1.165) is 4.40 Å². The van der Waals surface area contributed by atoms with Crippen LogP contribution in [0.2, 0.25) is 0 Å². The molecule has 124 valence electrons. The molecule has 0 bridgehead atoms. The average molecular weight is 329 g/mol. The molecule has 1 aliphatic rings. The van der Waals surface area contributed by atoms with E-state index in [1.807, 2.05) is 0 Å². The number of carbonyl (C=O) groups is 1. The second-order valence-corrected chi connectivity index (χ2v) is 4.98. The van der Waals surface area contributed by atoms with E-state index < -0.39 is 23.5 Å². The maximum absolute atomic E-state index is 13.3. The monoisotopic (exact) mass is 329 g/mol. The van der Waals surface area contributed by atoms with Gasteiger partial charge in [0.15, 0.2) is 17.1 Å². The Balaban J connectivity index is 2.18. The van der Waals surface area contributed by atoms with E-state index in [9.17, 15) is 18.0 Å². The molecule has 0 radical (unpaired) electrons. The van der Waals surface area contributed by atoms with Crippen LogP contribution in [0.3, 0.4) is 0 Å². The van der Waals surface area contributed by atoms with Crippen LogP contribution in [0.4, 0.5) is 13.2 Å². The molecule has 23 heavy (non-hydrogen) atoms. The first-order valence-electron chi connectivity index (χ1n) is 6.92. The lowest BCUT2D eigenvalue weighted by Gasteiger charge is -2.27. The van der Waals surface area contributed by atoms with Crippen molar-refractivity contribution >= 4 is 11.6 Å². The fourth-order valence-corrected chi connectivity index (χ4v) is 2.52. The van der Waals surface area contributed by atoms with Crippen molar-refractivity contribution in [1.82, 2.24) is 14.3 Å². The molecule has 2 aromatic rings. The van der Waals surface area contributed by atoms with E-state index >= 15 is 0 Å². The Hall–Kier alpha value is -2.29. The lowest BCUT2D eigenvalue weighted by molar-refractivity contribution is -0.141. The molecule has 1 amide bonds. The predicted molar refractivity (Wildman–Crippen MR) is 73.5 cm³/mol. The van der Waals surface area contributed by atoms with Crippen LogP contribution in [0.5, 0.6) is 5.75 Å². The molecule has 3 rings (SSSR count). The number of morpholine rings is 1. The summed E-state index contributed by atoms with van der Waals surface area (Å²) in [4.78, 5) is 17.6. The highest BCUT2D eigenvalue weighted by Gasteiger charge is 2.41. The van der Waals surface area contributed by atoms with Gasteiger partial charge in [-0.25, -0.2) is 4.98 Å². The molecule has 1 saturated heterocycles. The van der Waals surface area contributed by atoms with Gasteiger partial charge in [-0.1, -0.05) is 0 Å². The Morgan fingerprint density at radius 2 is 2.04 bits per heavy atom. The van der Waals surface area contributed by atoms with Gasteiger partial charge in [-0.05, 0) is 12.1 Å².